The smallest absolute Gasteiger partial charge is 0.161 e. The molecule has 0 aromatic carbocycles. The largest absolute Gasteiger partial charge is 0.369 e. The number of rotatable bonds is 4. The molecule has 1 N–H and O–H groups in total. The summed E-state index contributed by atoms with van der Waals surface area (Å²) in [5.74, 6) is 1.58. The van der Waals surface area contributed by atoms with Gasteiger partial charge in [0.1, 0.15) is 5.82 Å². The molecule has 4 nitrogen and oxygen atoms in total. The number of nitrogens with zero attached hydrogens (tertiary/aromatic N) is 3. The molecule has 2 aromatic rings. The topological polar surface area (TPSA) is 50.7 Å². The van der Waals surface area contributed by atoms with E-state index in [1.165, 1.54) is 0 Å². The van der Waals surface area contributed by atoms with E-state index in [1.807, 2.05) is 32.9 Å². The predicted molar refractivity (Wildman–Crippen MR) is 86.0 cm³/mol. The standard InChI is InChI=1S/C15H19BrN4/c1-5-6-17-15-13(16)11(4)19-14(20-15)12-7-9(2)18-10(3)8-12/h7-8H,5-6H2,1-4H3,(H,17,19,20). The average molecular weight is 335 g/mol. The Morgan fingerprint density at radius 2 is 1.70 bits per heavy atom. The molecule has 0 aliphatic heterocycles. The molecular weight excluding hydrogens is 316 g/mol. The molecule has 2 aromatic heterocycles. The molecule has 0 atom stereocenters. The molecule has 106 valence electrons. The second kappa shape index (κ2) is 6.31. The lowest BCUT2D eigenvalue weighted by Gasteiger charge is -2.11. The van der Waals surface area contributed by atoms with Gasteiger partial charge in [-0.25, -0.2) is 9.97 Å². The van der Waals surface area contributed by atoms with Crippen LogP contribution in [0, 0.1) is 20.8 Å². The highest BCUT2D eigenvalue weighted by Gasteiger charge is 2.11. The first-order valence-electron chi connectivity index (χ1n) is 6.75. The summed E-state index contributed by atoms with van der Waals surface area (Å²) < 4.78 is 0.928. The molecule has 0 amide bonds. The zero-order chi connectivity index (χ0) is 14.7. The van der Waals surface area contributed by atoms with Crippen LogP contribution >= 0.6 is 15.9 Å². The van der Waals surface area contributed by atoms with Crippen molar-refractivity contribution in [3.8, 4) is 11.4 Å². The summed E-state index contributed by atoms with van der Waals surface area (Å²) in [6.45, 7) is 8.97. The molecule has 2 heterocycles. The molecule has 0 aliphatic rings. The quantitative estimate of drug-likeness (QED) is 0.916. The van der Waals surface area contributed by atoms with Crippen LogP contribution in [0.1, 0.15) is 30.4 Å². The van der Waals surface area contributed by atoms with Gasteiger partial charge < -0.3 is 5.32 Å². The number of hydrogen-bond acceptors (Lipinski definition) is 4. The maximum Gasteiger partial charge on any atom is 0.161 e. The second-order valence-corrected chi connectivity index (χ2v) is 5.65. The van der Waals surface area contributed by atoms with Crippen LogP contribution in [-0.2, 0) is 0 Å². The van der Waals surface area contributed by atoms with Crippen molar-refractivity contribution in [2.45, 2.75) is 34.1 Å². The SMILES string of the molecule is CCCNc1nc(-c2cc(C)nc(C)c2)nc(C)c1Br. The average Bonchev–Trinajstić information content (AvgIpc) is 2.39. The lowest BCUT2D eigenvalue weighted by atomic mass is 10.2. The number of aromatic nitrogens is 3. The van der Waals surface area contributed by atoms with Crippen molar-refractivity contribution in [1.29, 1.82) is 0 Å². The fraction of sp³-hybridized carbons (Fsp3) is 0.400. The zero-order valence-electron chi connectivity index (χ0n) is 12.3. The summed E-state index contributed by atoms with van der Waals surface area (Å²) in [7, 11) is 0. The summed E-state index contributed by atoms with van der Waals surface area (Å²) in [6.07, 6.45) is 1.05. The summed E-state index contributed by atoms with van der Waals surface area (Å²) in [5, 5.41) is 3.33. The van der Waals surface area contributed by atoms with Crippen LogP contribution < -0.4 is 5.32 Å². The van der Waals surface area contributed by atoms with Crippen LogP contribution in [0.3, 0.4) is 0 Å². The third kappa shape index (κ3) is 3.33. The number of halogens is 1. The minimum atomic E-state index is 0.734. The van der Waals surface area contributed by atoms with E-state index in [1.54, 1.807) is 0 Å². The lowest BCUT2D eigenvalue weighted by Crippen LogP contribution is -2.06. The Bertz CT molecular complexity index is 605. The van der Waals surface area contributed by atoms with Gasteiger partial charge >= 0.3 is 0 Å². The van der Waals surface area contributed by atoms with E-state index >= 15 is 0 Å². The van der Waals surface area contributed by atoms with E-state index in [9.17, 15) is 0 Å². The van der Waals surface area contributed by atoms with Crippen molar-refractivity contribution in [1.82, 2.24) is 15.0 Å². The molecule has 2 rings (SSSR count). The molecule has 5 heteroatoms. The summed E-state index contributed by atoms with van der Waals surface area (Å²) in [5.41, 5.74) is 3.89. The van der Waals surface area contributed by atoms with Crippen LogP contribution in [0.25, 0.3) is 11.4 Å². The summed E-state index contributed by atoms with van der Waals surface area (Å²) in [4.78, 5) is 13.6. The normalized spacial score (nSPS) is 10.7. The zero-order valence-corrected chi connectivity index (χ0v) is 13.9. The number of hydrogen-bond donors (Lipinski definition) is 1. The van der Waals surface area contributed by atoms with E-state index in [0.717, 1.165) is 51.7 Å². The Kier molecular flexibility index (Phi) is 4.70. The number of nitrogens with one attached hydrogen (secondary N) is 1. The third-order valence-corrected chi connectivity index (χ3v) is 3.85. The number of aryl methyl sites for hydroxylation is 3. The van der Waals surface area contributed by atoms with Crippen molar-refractivity contribution in [3.63, 3.8) is 0 Å². The molecule has 0 bridgehead atoms. The minimum Gasteiger partial charge on any atom is -0.369 e. The van der Waals surface area contributed by atoms with Gasteiger partial charge in [-0.15, -0.1) is 0 Å². The fourth-order valence-electron chi connectivity index (χ4n) is 2.01. The van der Waals surface area contributed by atoms with Crippen molar-refractivity contribution in [2.75, 3.05) is 11.9 Å². The second-order valence-electron chi connectivity index (χ2n) is 4.86. The molecule has 0 spiro atoms. The fourth-order valence-corrected chi connectivity index (χ4v) is 2.33. The highest BCUT2D eigenvalue weighted by molar-refractivity contribution is 9.10. The van der Waals surface area contributed by atoms with Crippen molar-refractivity contribution in [2.24, 2.45) is 0 Å². The van der Waals surface area contributed by atoms with Crippen molar-refractivity contribution >= 4 is 21.7 Å². The van der Waals surface area contributed by atoms with Crippen LogP contribution in [0.4, 0.5) is 5.82 Å². The molecule has 0 saturated carbocycles. The Balaban J connectivity index is 2.48. The van der Waals surface area contributed by atoms with E-state index in [0.29, 0.717) is 0 Å². The molecule has 0 unspecified atom stereocenters. The van der Waals surface area contributed by atoms with Crippen LogP contribution in [0.2, 0.25) is 0 Å². The van der Waals surface area contributed by atoms with E-state index in [2.05, 4.69) is 43.1 Å². The summed E-state index contributed by atoms with van der Waals surface area (Å²) >= 11 is 3.55. The Morgan fingerprint density at radius 1 is 1.05 bits per heavy atom. The van der Waals surface area contributed by atoms with Gasteiger partial charge in [-0.3, -0.25) is 4.98 Å². The van der Waals surface area contributed by atoms with Crippen molar-refractivity contribution in [3.05, 3.63) is 33.7 Å². The van der Waals surface area contributed by atoms with Gasteiger partial charge in [0.2, 0.25) is 0 Å². The Hall–Kier alpha value is -1.49. The summed E-state index contributed by atoms with van der Waals surface area (Å²) in [6, 6.07) is 4.03. The molecular formula is C15H19BrN4. The first kappa shape index (κ1) is 14.9. The first-order valence-corrected chi connectivity index (χ1v) is 7.54. The van der Waals surface area contributed by atoms with Gasteiger partial charge in [0.05, 0.1) is 10.2 Å². The first-order chi connectivity index (χ1) is 9.51. The van der Waals surface area contributed by atoms with Crippen LogP contribution in [0.5, 0.6) is 0 Å². The van der Waals surface area contributed by atoms with Crippen molar-refractivity contribution < 1.29 is 0 Å². The molecule has 0 fully saturated rings. The van der Waals surface area contributed by atoms with E-state index in [4.69, 9.17) is 0 Å². The van der Waals surface area contributed by atoms with E-state index < -0.39 is 0 Å². The molecule has 20 heavy (non-hydrogen) atoms. The Labute approximate surface area is 128 Å². The van der Waals surface area contributed by atoms with Gasteiger partial charge in [-0.05, 0) is 55.3 Å². The molecule has 0 aliphatic carbocycles. The minimum absolute atomic E-state index is 0.734. The van der Waals surface area contributed by atoms with Gasteiger partial charge in [0, 0.05) is 23.5 Å². The number of pyridine rings is 1. The monoisotopic (exact) mass is 334 g/mol. The van der Waals surface area contributed by atoms with Gasteiger partial charge in [0.25, 0.3) is 0 Å². The molecule has 0 saturated heterocycles. The third-order valence-electron chi connectivity index (χ3n) is 2.90. The lowest BCUT2D eigenvalue weighted by molar-refractivity contribution is 0.958. The highest BCUT2D eigenvalue weighted by atomic mass is 79.9. The number of anilines is 1. The maximum atomic E-state index is 4.63. The van der Waals surface area contributed by atoms with Crippen LogP contribution in [-0.4, -0.2) is 21.5 Å². The molecule has 0 radical (unpaired) electrons. The van der Waals surface area contributed by atoms with Gasteiger partial charge in [-0.2, -0.15) is 0 Å². The van der Waals surface area contributed by atoms with Gasteiger partial charge in [-0.1, -0.05) is 6.92 Å². The van der Waals surface area contributed by atoms with Gasteiger partial charge in [0.15, 0.2) is 5.82 Å². The predicted octanol–water partition coefficient (Wildman–Crippen LogP) is 4.05. The highest BCUT2D eigenvalue weighted by Crippen LogP contribution is 2.27. The van der Waals surface area contributed by atoms with Crippen LogP contribution in [0.15, 0.2) is 16.6 Å². The Morgan fingerprint density at radius 3 is 2.30 bits per heavy atom. The maximum absolute atomic E-state index is 4.63. The van der Waals surface area contributed by atoms with E-state index in [-0.39, 0.29) is 0 Å².